The largest absolute Gasteiger partial charge is 0.497 e. The first kappa shape index (κ1) is 66.3. The zero-order valence-electron chi connectivity index (χ0n) is 56.9. The van der Waals surface area contributed by atoms with Crippen LogP contribution in [0.5, 0.6) is 57.5 Å². The van der Waals surface area contributed by atoms with E-state index in [-0.39, 0.29) is 38.1 Å². The minimum atomic E-state index is -3.86. The monoisotopic (exact) mass is 1390 g/mol. The van der Waals surface area contributed by atoms with Crippen LogP contribution in [0.1, 0.15) is 109 Å². The Kier molecular flexibility index (Phi) is 17.8. The number of rotatable bonds is 23. The number of ether oxygens (including phenoxy) is 4. The number of hydrogen-bond donors (Lipinski definition) is 0. The summed E-state index contributed by atoms with van der Waals surface area (Å²) in [6, 6.07) is 89.7. The molecule has 0 aliphatic heterocycles. The Labute approximate surface area is 603 Å². The second-order valence-corrected chi connectivity index (χ2v) is 29.0. The minimum absolute atomic E-state index is 0.0551. The number of carbonyl (C=O) groups excluding carboxylic acids is 3. The van der Waals surface area contributed by atoms with Crippen LogP contribution < -0.4 is 38.5 Å². The first-order valence-corrected chi connectivity index (χ1v) is 36.3. The summed E-state index contributed by atoms with van der Waals surface area (Å²) >= 11 is 0. The molecule has 0 saturated heterocycles. The molecule has 0 amide bonds. The molecule has 514 valence electrons. The highest BCUT2D eigenvalue weighted by Gasteiger charge is 2.58. The molecular formula is C90H70O13S. The van der Waals surface area contributed by atoms with Crippen molar-refractivity contribution in [3.05, 3.63) is 353 Å². The zero-order valence-corrected chi connectivity index (χ0v) is 57.7. The SMILES string of the molecule is COc1ccc(C2(c3ccc(OOc4ccc(C5(c6ccc(OOc7ccc(C=CC(=O)c8ccc(OC(=O)c9ccc(Oc%10ccc(S(=O)(=O)c%11ccc(Oc%12ccc(C(C)=O)cc%12)cc%11)cc%10)cc9)cc8)cc7)cc6)C6CC7CC(C6)CC5C7)cc4)cc3)c3ccccc3-c3ccccc32)cc1. The molecule has 5 aliphatic rings. The second-order valence-electron chi connectivity index (χ2n) is 27.1. The van der Waals surface area contributed by atoms with Gasteiger partial charge in [-0.3, -0.25) is 29.1 Å². The number of carbonyl (C=O) groups is 3. The summed E-state index contributed by atoms with van der Waals surface area (Å²) in [7, 11) is -2.16. The average molecular weight is 1390 g/mol. The van der Waals surface area contributed by atoms with E-state index in [0.29, 0.717) is 69.0 Å². The number of esters is 1. The minimum Gasteiger partial charge on any atom is -0.497 e. The first-order chi connectivity index (χ1) is 50.8. The van der Waals surface area contributed by atoms with Crippen molar-refractivity contribution >= 4 is 33.4 Å². The van der Waals surface area contributed by atoms with E-state index in [2.05, 4.69) is 97.1 Å². The molecule has 12 aromatic rings. The molecule has 4 fully saturated rings. The van der Waals surface area contributed by atoms with Crippen LogP contribution in [0.4, 0.5) is 0 Å². The number of benzene rings is 12. The van der Waals surface area contributed by atoms with E-state index in [0.717, 1.165) is 34.3 Å². The Morgan fingerprint density at radius 3 is 1.15 bits per heavy atom. The van der Waals surface area contributed by atoms with Gasteiger partial charge in [-0.1, -0.05) is 115 Å². The lowest BCUT2D eigenvalue weighted by Gasteiger charge is -2.62. The van der Waals surface area contributed by atoms with Gasteiger partial charge in [0.2, 0.25) is 9.84 Å². The Hall–Kier alpha value is -12.3. The lowest BCUT2D eigenvalue weighted by molar-refractivity contribution is -0.100. The van der Waals surface area contributed by atoms with E-state index in [1.807, 2.05) is 60.7 Å². The van der Waals surface area contributed by atoms with Crippen LogP contribution >= 0.6 is 0 Å². The summed E-state index contributed by atoms with van der Waals surface area (Å²) in [6.07, 6.45) is 9.41. The molecule has 104 heavy (non-hydrogen) atoms. The number of sulfone groups is 1. The maximum atomic E-state index is 13.5. The standard InChI is InChI=1S/C90H70O13S/c1-58(91)62-14-30-72(31-15-62)97-74-44-48-81(49-45-74)104(94,95)82-50-46-75(47-51-82)98-73-34-18-64(19-35-73)88(93)99-76-32-16-63(17-33-76)87(92)52-13-59-11-28-77(29-12-59)100-101-78-38-22-65(23-39-78)89(69-54-60-53-61(56-69)57-70(89)55-60)66-24-40-79(41-25-66)102-103-80-42-26-68(27-43-80)90(67-20-36-71(96-2)37-21-67)85-9-5-3-7-83(85)84-8-4-6-10-86(84)90/h3-52,60-61,69-70H,53-57H2,1-2H3. The Morgan fingerprint density at radius 2 is 0.731 bits per heavy atom. The number of allylic oxidation sites excluding steroid dienone is 1. The van der Waals surface area contributed by atoms with Crippen molar-refractivity contribution in [2.45, 2.75) is 59.6 Å². The molecule has 0 aromatic heterocycles. The topological polar surface area (TPSA) is 159 Å². The number of fused-ring (bicyclic) bond motifs is 3. The van der Waals surface area contributed by atoms with Gasteiger partial charge in [-0.05, 0) is 301 Å². The summed E-state index contributed by atoms with van der Waals surface area (Å²) in [5.41, 5.74) is 11.0. The second kappa shape index (κ2) is 27.9. The van der Waals surface area contributed by atoms with Crippen molar-refractivity contribution < 1.29 is 61.3 Å². The summed E-state index contributed by atoms with van der Waals surface area (Å²) < 4.78 is 49.9. The van der Waals surface area contributed by atoms with Gasteiger partial charge in [-0.25, -0.2) is 13.2 Å². The molecule has 13 nitrogen and oxygen atoms in total. The van der Waals surface area contributed by atoms with E-state index in [1.54, 1.807) is 122 Å². The maximum Gasteiger partial charge on any atom is 0.343 e. The maximum absolute atomic E-state index is 13.5. The van der Waals surface area contributed by atoms with E-state index < -0.39 is 21.2 Å². The Balaban J connectivity index is 0.509. The molecule has 0 radical (unpaired) electrons. The van der Waals surface area contributed by atoms with Crippen LogP contribution in [-0.4, -0.2) is 33.1 Å². The van der Waals surface area contributed by atoms with E-state index in [4.69, 9.17) is 38.5 Å². The lowest BCUT2D eigenvalue weighted by Crippen LogP contribution is -2.56. The van der Waals surface area contributed by atoms with Gasteiger partial charge in [-0.2, -0.15) is 0 Å². The summed E-state index contributed by atoms with van der Waals surface area (Å²) in [5.74, 6) is 6.76. The molecule has 0 heterocycles. The third-order valence-electron chi connectivity index (χ3n) is 21.1. The zero-order chi connectivity index (χ0) is 70.9. The van der Waals surface area contributed by atoms with Gasteiger partial charge in [0.05, 0.1) is 27.9 Å². The fraction of sp³-hybridized carbons (Fsp3) is 0.144. The summed E-state index contributed by atoms with van der Waals surface area (Å²) in [6.45, 7) is 1.49. The van der Waals surface area contributed by atoms with Gasteiger partial charge in [0.25, 0.3) is 0 Å². The van der Waals surface area contributed by atoms with E-state index in [9.17, 15) is 22.8 Å². The lowest BCUT2D eigenvalue weighted by atomic mass is 9.42. The van der Waals surface area contributed by atoms with Gasteiger partial charge in [-0.15, -0.1) is 0 Å². The van der Waals surface area contributed by atoms with E-state index >= 15 is 0 Å². The Bertz CT molecular complexity index is 5220. The number of Topliss-reactive ketones (excluding diaryl/α,β-unsaturated/α-hetero) is 1. The molecular weight excluding hydrogens is 1320 g/mol. The first-order valence-electron chi connectivity index (χ1n) is 34.8. The molecule has 0 unspecified atom stereocenters. The number of methoxy groups -OCH3 is 1. The summed E-state index contributed by atoms with van der Waals surface area (Å²) in [5, 5.41) is 0. The highest BCUT2D eigenvalue weighted by atomic mass is 32.2. The van der Waals surface area contributed by atoms with Crippen LogP contribution in [0.15, 0.2) is 307 Å². The van der Waals surface area contributed by atoms with Gasteiger partial charge in [0.1, 0.15) is 34.5 Å². The van der Waals surface area contributed by atoms with Crippen LogP contribution in [0.25, 0.3) is 17.2 Å². The van der Waals surface area contributed by atoms with Crippen molar-refractivity contribution in [2.24, 2.45) is 23.7 Å². The van der Waals surface area contributed by atoms with Gasteiger partial charge in [0, 0.05) is 16.5 Å². The van der Waals surface area contributed by atoms with Crippen molar-refractivity contribution in [3.63, 3.8) is 0 Å². The summed E-state index contributed by atoms with van der Waals surface area (Å²) in [4.78, 5) is 62.1. The molecule has 4 saturated carbocycles. The molecule has 4 bridgehead atoms. The molecule has 0 atom stereocenters. The fourth-order valence-electron chi connectivity index (χ4n) is 16.4. The van der Waals surface area contributed by atoms with Gasteiger partial charge in [0.15, 0.2) is 34.6 Å². The molecule has 5 aliphatic carbocycles. The van der Waals surface area contributed by atoms with Crippen LogP contribution in [0.2, 0.25) is 0 Å². The molecule has 17 rings (SSSR count). The Morgan fingerprint density at radius 1 is 0.375 bits per heavy atom. The van der Waals surface area contributed by atoms with Crippen LogP contribution in [0, 0.1) is 23.7 Å². The predicted octanol–water partition coefficient (Wildman–Crippen LogP) is 20.3. The van der Waals surface area contributed by atoms with Crippen LogP contribution in [-0.2, 0) is 20.7 Å². The quantitative estimate of drug-likeness (QED) is 0.0149. The average Bonchev–Trinajstić information content (AvgIpc) is 1.42. The molecule has 14 heteroatoms. The van der Waals surface area contributed by atoms with Crippen LogP contribution in [0.3, 0.4) is 0 Å². The van der Waals surface area contributed by atoms with E-state index in [1.165, 1.54) is 103 Å². The van der Waals surface area contributed by atoms with Crippen molar-refractivity contribution in [2.75, 3.05) is 7.11 Å². The molecule has 0 spiro atoms. The normalized spacial score (nSPS) is 18.0. The fourth-order valence-corrected chi connectivity index (χ4v) is 17.6. The number of hydrogen-bond acceptors (Lipinski definition) is 13. The molecule has 0 N–H and O–H groups in total. The molecule has 12 aromatic carbocycles. The third-order valence-corrected chi connectivity index (χ3v) is 22.9. The highest BCUT2D eigenvalue weighted by Crippen LogP contribution is 2.65. The van der Waals surface area contributed by atoms with Gasteiger partial charge >= 0.3 is 5.97 Å². The highest BCUT2D eigenvalue weighted by molar-refractivity contribution is 7.91. The predicted molar refractivity (Wildman–Crippen MR) is 396 cm³/mol. The van der Waals surface area contributed by atoms with Crippen molar-refractivity contribution in [1.82, 2.24) is 0 Å². The smallest absolute Gasteiger partial charge is 0.343 e. The third kappa shape index (κ3) is 12.8. The van der Waals surface area contributed by atoms with Gasteiger partial charge < -0.3 is 18.9 Å². The number of ketones is 2. The van der Waals surface area contributed by atoms with Crippen molar-refractivity contribution in [3.8, 4) is 68.6 Å². The van der Waals surface area contributed by atoms with Crippen molar-refractivity contribution in [1.29, 1.82) is 0 Å².